The lowest BCUT2D eigenvalue weighted by Crippen LogP contribution is -2.48. The molecule has 0 bridgehead atoms. The predicted octanol–water partition coefficient (Wildman–Crippen LogP) is 4.46. The van der Waals surface area contributed by atoms with Gasteiger partial charge in [-0.2, -0.15) is 5.10 Å². The molecule has 6 nitrogen and oxygen atoms in total. The third kappa shape index (κ3) is 5.40. The summed E-state index contributed by atoms with van der Waals surface area (Å²) < 4.78 is 2.43. The van der Waals surface area contributed by atoms with Crippen molar-refractivity contribution < 1.29 is 4.79 Å². The van der Waals surface area contributed by atoms with Crippen molar-refractivity contribution >= 4 is 39.1 Å². The van der Waals surface area contributed by atoms with Gasteiger partial charge < -0.3 is 9.80 Å². The van der Waals surface area contributed by atoms with E-state index in [4.69, 9.17) is 11.6 Å². The van der Waals surface area contributed by atoms with Crippen LogP contribution in [0.5, 0.6) is 0 Å². The molecule has 0 aliphatic carbocycles. The van der Waals surface area contributed by atoms with E-state index in [2.05, 4.69) is 25.9 Å². The van der Waals surface area contributed by atoms with Crippen LogP contribution in [-0.2, 0) is 11.3 Å². The van der Waals surface area contributed by atoms with Gasteiger partial charge in [0.2, 0.25) is 5.91 Å². The number of halogens is 2. The Kier molecular flexibility index (Phi) is 7.27. The maximum atomic E-state index is 12.7. The number of carbonyl (C=O) groups is 1. The molecule has 1 amide bonds. The zero-order valence-corrected chi connectivity index (χ0v) is 19.9. The average molecular weight is 516 g/mol. The van der Waals surface area contributed by atoms with Gasteiger partial charge in [0.05, 0.1) is 16.4 Å². The second-order valence-electron chi connectivity index (χ2n) is 7.71. The van der Waals surface area contributed by atoms with Crippen molar-refractivity contribution in [1.82, 2.24) is 14.7 Å². The monoisotopic (exact) mass is 514 g/mol. The van der Waals surface area contributed by atoms with E-state index in [1.54, 1.807) is 6.07 Å². The molecule has 0 radical (unpaired) electrons. The van der Waals surface area contributed by atoms with Crippen LogP contribution in [0.3, 0.4) is 0 Å². The molecule has 1 aliphatic rings. The van der Waals surface area contributed by atoms with Gasteiger partial charge in [0.1, 0.15) is 0 Å². The fraction of sp³-hybridized carbons (Fsp3) is 0.292. The Balaban J connectivity index is 1.30. The zero-order valence-electron chi connectivity index (χ0n) is 17.6. The first-order valence-electron chi connectivity index (χ1n) is 10.6. The Hall–Kier alpha value is -2.64. The lowest BCUT2D eigenvalue weighted by atomic mass is 10.1. The second kappa shape index (κ2) is 10.3. The van der Waals surface area contributed by atoms with Crippen LogP contribution >= 0.6 is 27.5 Å². The average Bonchev–Trinajstić information content (AvgIpc) is 2.81. The van der Waals surface area contributed by atoms with Crippen LogP contribution in [0.1, 0.15) is 12.8 Å². The number of aryl methyl sites for hydroxylation is 1. The number of nitrogens with zero attached hydrogens (tertiary/aromatic N) is 4. The lowest BCUT2D eigenvalue weighted by molar-refractivity contribution is -0.131. The van der Waals surface area contributed by atoms with Crippen LogP contribution in [0.25, 0.3) is 11.3 Å². The van der Waals surface area contributed by atoms with Crippen LogP contribution in [0.2, 0.25) is 5.02 Å². The van der Waals surface area contributed by atoms with Crippen LogP contribution in [-0.4, -0.2) is 46.8 Å². The van der Waals surface area contributed by atoms with Crippen molar-refractivity contribution in [2.45, 2.75) is 19.4 Å². The van der Waals surface area contributed by atoms with Crippen LogP contribution < -0.4 is 10.5 Å². The Morgan fingerprint density at radius 1 is 0.969 bits per heavy atom. The third-order valence-electron chi connectivity index (χ3n) is 5.59. The smallest absolute Gasteiger partial charge is 0.266 e. The van der Waals surface area contributed by atoms with Gasteiger partial charge in [-0.15, -0.1) is 0 Å². The molecule has 0 unspecified atom stereocenters. The molecular formula is C24H24BrClN4O2. The summed E-state index contributed by atoms with van der Waals surface area (Å²) in [4.78, 5) is 29.0. The zero-order chi connectivity index (χ0) is 22.5. The molecule has 1 aromatic heterocycles. The quantitative estimate of drug-likeness (QED) is 0.487. The molecule has 3 aromatic rings. The summed E-state index contributed by atoms with van der Waals surface area (Å²) >= 11 is 9.72. The highest BCUT2D eigenvalue weighted by molar-refractivity contribution is 9.10. The summed E-state index contributed by atoms with van der Waals surface area (Å²) in [5.74, 6) is 0.112. The molecule has 166 valence electrons. The number of amides is 1. The van der Waals surface area contributed by atoms with Gasteiger partial charge in [0, 0.05) is 55.2 Å². The number of carbonyl (C=O) groups excluding carboxylic acids is 1. The van der Waals surface area contributed by atoms with Gasteiger partial charge in [0.25, 0.3) is 5.56 Å². The maximum Gasteiger partial charge on any atom is 0.266 e. The summed E-state index contributed by atoms with van der Waals surface area (Å²) in [7, 11) is 0. The van der Waals surface area contributed by atoms with Crippen LogP contribution in [0.4, 0.5) is 5.69 Å². The molecule has 0 saturated carbocycles. The molecule has 0 N–H and O–H groups in total. The Morgan fingerprint density at radius 3 is 2.41 bits per heavy atom. The van der Waals surface area contributed by atoms with Gasteiger partial charge in [0.15, 0.2) is 0 Å². The Bertz CT molecular complexity index is 1140. The highest BCUT2D eigenvalue weighted by Gasteiger charge is 2.22. The first kappa shape index (κ1) is 22.6. The van der Waals surface area contributed by atoms with Crippen LogP contribution in [0.15, 0.2) is 69.9 Å². The van der Waals surface area contributed by atoms with Crippen molar-refractivity contribution in [1.29, 1.82) is 0 Å². The Labute approximate surface area is 200 Å². The first-order valence-corrected chi connectivity index (χ1v) is 11.8. The van der Waals surface area contributed by atoms with E-state index in [1.807, 2.05) is 53.4 Å². The van der Waals surface area contributed by atoms with Gasteiger partial charge >= 0.3 is 0 Å². The summed E-state index contributed by atoms with van der Waals surface area (Å²) in [6.07, 6.45) is 0.961. The molecule has 4 rings (SSSR count). The highest BCUT2D eigenvalue weighted by Crippen LogP contribution is 2.26. The topological polar surface area (TPSA) is 58.4 Å². The van der Waals surface area contributed by atoms with E-state index in [0.29, 0.717) is 32.5 Å². The number of hydrogen-bond donors (Lipinski definition) is 0. The van der Waals surface area contributed by atoms with E-state index in [1.165, 1.54) is 10.7 Å². The van der Waals surface area contributed by atoms with E-state index >= 15 is 0 Å². The van der Waals surface area contributed by atoms with Crippen molar-refractivity contribution in [3.8, 4) is 11.3 Å². The normalized spacial score (nSPS) is 13.9. The molecular weight excluding hydrogens is 492 g/mol. The fourth-order valence-electron chi connectivity index (χ4n) is 3.83. The molecule has 8 heteroatoms. The molecule has 1 fully saturated rings. The molecule has 2 aromatic carbocycles. The molecule has 0 atom stereocenters. The number of piperazine rings is 1. The van der Waals surface area contributed by atoms with Gasteiger partial charge in [-0.05, 0) is 36.8 Å². The predicted molar refractivity (Wildman–Crippen MR) is 131 cm³/mol. The molecule has 2 heterocycles. The number of rotatable bonds is 6. The molecule has 0 spiro atoms. The largest absolute Gasteiger partial charge is 0.367 e. The minimum absolute atomic E-state index is 0.112. The molecule has 32 heavy (non-hydrogen) atoms. The van der Waals surface area contributed by atoms with Crippen LogP contribution in [0, 0.1) is 0 Å². The SMILES string of the molecule is O=C(CCCn1nc(-c2ccc(Br)cc2)ccc1=O)N1CCN(c2ccccc2Cl)CC1. The fourth-order valence-corrected chi connectivity index (χ4v) is 4.35. The second-order valence-corrected chi connectivity index (χ2v) is 9.03. The van der Waals surface area contributed by atoms with Crippen molar-refractivity contribution in [3.63, 3.8) is 0 Å². The summed E-state index contributed by atoms with van der Waals surface area (Å²) in [5.41, 5.74) is 2.53. The maximum absolute atomic E-state index is 12.7. The number of benzene rings is 2. The minimum atomic E-state index is -0.160. The van der Waals surface area contributed by atoms with Gasteiger partial charge in [-0.25, -0.2) is 4.68 Å². The van der Waals surface area contributed by atoms with Crippen molar-refractivity contribution in [3.05, 3.63) is 80.5 Å². The summed E-state index contributed by atoms with van der Waals surface area (Å²) in [5, 5.41) is 5.21. The minimum Gasteiger partial charge on any atom is -0.367 e. The molecule has 1 aliphatic heterocycles. The Morgan fingerprint density at radius 2 is 1.69 bits per heavy atom. The number of para-hydroxylation sites is 1. The van der Waals surface area contributed by atoms with Crippen molar-refractivity contribution in [2.24, 2.45) is 0 Å². The van der Waals surface area contributed by atoms with E-state index in [9.17, 15) is 9.59 Å². The van der Waals surface area contributed by atoms with Gasteiger partial charge in [-0.3, -0.25) is 9.59 Å². The first-order chi connectivity index (χ1) is 15.5. The number of aromatic nitrogens is 2. The number of hydrogen-bond acceptors (Lipinski definition) is 4. The van der Waals surface area contributed by atoms with Gasteiger partial charge in [-0.1, -0.05) is 51.8 Å². The number of anilines is 1. The van der Waals surface area contributed by atoms with E-state index < -0.39 is 0 Å². The summed E-state index contributed by atoms with van der Waals surface area (Å²) in [6, 6.07) is 18.8. The molecule has 1 saturated heterocycles. The summed E-state index contributed by atoms with van der Waals surface area (Å²) in [6.45, 7) is 3.26. The van der Waals surface area contributed by atoms with Crippen molar-refractivity contribution in [2.75, 3.05) is 31.1 Å². The lowest BCUT2D eigenvalue weighted by Gasteiger charge is -2.36. The van der Waals surface area contributed by atoms with E-state index in [-0.39, 0.29) is 11.5 Å². The van der Waals surface area contributed by atoms with E-state index in [0.717, 1.165) is 39.5 Å². The third-order valence-corrected chi connectivity index (χ3v) is 6.44. The highest BCUT2D eigenvalue weighted by atomic mass is 79.9. The standard InChI is InChI=1S/C24H24BrClN4O2/c25-19-9-7-18(8-10-19)21-11-12-24(32)30(27-21)13-3-6-23(31)29-16-14-28(15-17-29)22-5-2-1-4-20(22)26/h1-2,4-5,7-12H,3,6,13-17H2.